The Hall–Kier alpha value is -1.42. The van der Waals surface area contributed by atoms with Crippen molar-refractivity contribution < 1.29 is 9.53 Å². The number of hydrogen-bond donors (Lipinski definition) is 1. The van der Waals surface area contributed by atoms with Gasteiger partial charge in [0.1, 0.15) is 5.82 Å². The van der Waals surface area contributed by atoms with Gasteiger partial charge in [0.15, 0.2) is 0 Å². The number of pyridine rings is 1. The van der Waals surface area contributed by atoms with Crippen molar-refractivity contribution in [3.63, 3.8) is 0 Å². The lowest BCUT2D eigenvalue weighted by molar-refractivity contribution is -0.120. The molecule has 0 aromatic carbocycles. The van der Waals surface area contributed by atoms with Crippen LogP contribution in [-0.2, 0) is 14.9 Å². The minimum absolute atomic E-state index is 0.144. The van der Waals surface area contributed by atoms with E-state index in [0.29, 0.717) is 0 Å². The van der Waals surface area contributed by atoms with Gasteiger partial charge in [0.05, 0.1) is 11.5 Å². The van der Waals surface area contributed by atoms with E-state index in [0.717, 1.165) is 56.5 Å². The number of aromatic nitrogens is 1. The third-order valence-electron chi connectivity index (χ3n) is 5.11. The number of carbonyl (C=O) groups is 1. The maximum absolute atomic E-state index is 12.5. The first-order valence-corrected chi connectivity index (χ1v) is 7.74. The molecule has 2 aliphatic heterocycles. The zero-order valence-corrected chi connectivity index (χ0v) is 11.7. The number of hydrogen-bond acceptors (Lipinski definition) is 3. The highest BCUT2D eigenvalue weighted by molar-refractivity contribution is 6.06. The van der Waals surface area contributed by atoms with Crippen molar-refractivity contribution in [3.8, 4) is 0 Å². The van der Waals surface area contributed by atoms with Crippen LogP contribution in [0.2, 0.25) is 0 Å². The van der Waals surface area contributed by atoms with Crippen molar-refractivity contribution in [1.29, 1.82) is 0 Å². The molecule has 2 fully saturated rings. The average Bonchev–Trinajstić information content (AvgIpc) is 3.08. The van der Waals surface area contributed by atoms with Crippen molar-refractivity contribution in [2.45, 2.75) is 56.5 Å². The number of anilines is 1. The predicted molar refractivity (Wildman–Crippen MR) is 75.6 cm³/mol. The molecule has 3 heterocycles. The lowest BCUT2D eigenvalue weighted by atomic mass is 9.77. The van der Waals surface area contributed by atoms with Crippen LogP contribution in [0.4, 0.5) is 5.82 Å². The summed E-state index contributed by atoms with van der Waals surface area (Å²) < 4.78 is 5.96. The highest BCUT2D eigenvalue weighted by Gasteiger charge is 2.51. The van der Waals surface area contributed by atoms with E-state index in [4.69, 9.17) is 4.74 Å². The SMILES string of the molecule is O=C1Nc2nccc(C3CCCCO3)c2C12CCCC2. The summed E-state index contributed by atoms with van der Waals surface area (Å²) in [7, 11) is 0. The van der Waals surface area contributed by atoms with Crippen LogP contribution < -0.4 is 5.32 Å². The van der Waals surface area contributed by atoms with Crippen LogP contribution in [0.3, 0.4) is 0 Å². The van der Waals surface area contributed by atoms with Gasteiger partial charge in [-0.15, -0.1) is 0 Å². The Balaban J connectivity index is 1.83. The Labute approximate surface area is 118 Å². The number of amides is 1. The summed E-state index contributed by atoms with van der Waals surface area (Å²) in [6.45, 7) is 0.830. The molecule has 0 bridgehead atoms. The zero-order valence-electron chi connectivity index (χ0n) is 11.7. The zero-order chi connectivity index (χ0) is 13.6. The molecule has 1 aromatic rings. The van der Waals surface area contributed by atoms with E-state index in [1.54, 1.807) is 6.20 Å². The molecule has 1 saturated heterocycles. The van der Waals surface area contributed by atoms with Crippen molar-refractivity contribution >= 4 is 11.7 Å². The normalized spacial score (nSPS) is 27.6. The topological polar surface area (TPSA) is 51.2 Å². The third-order valence-corrected chi connectivity index (χ3v) is 5.11. The predicted octanol–water partition coefficient (Wildman–Crippen LogP) is 3.09. The van der Waals surface area contributed by atoms with E-state index in [1.807, 2.05) is 0 Å². The molecule has 20 heavy (non-hydrogen) atoms. The average molecular weight is 272 g/mol. The van der Waals surface area contributed by atoms with E-state index >= 15 is 0 Å². The van der Waals surface area contributed by atoms with Gasteiger partial charge < -0.3 is 10.1 Å². The van der Waals surface area contributed by atoms with Gasteiger partial charge in [0.2, 0.25) is 5.91 Å². The van der Waals surface area contributed by atoms with Crippen molar-refractivity contribution in [1.82, 2.24) is 4.98 Å². The second kappa shape index (κ2) is 4.55. The van der Waals surface area contributed by atoms with Gasteiger partial charge >= 0.3 is 0 Å². The molecule has 4 rings (SSSR count). The highest BCUT2D eigenvalue weighted by Crippen LogP contribution is 2.51. The molecule has 1 aromatic heterocycles. The van der Waals surface area contributed by atoms with Gasteiger partial charge in [-0.1, -0.05) is 12.8 Å². The van der Waals surface area contributed by atoms with E-state index in [9.17, 15) is 4.79 Å². The number of fused-ring (bicyclic) bond motifs is 2. The van der Waals surface area contributed by atoms with Crippen LogP contribution in [0.15, 0.2) is 12.3 Å². The molecule has 1 unspecified atom stereocenters. The minimum Gasteiger partial charge on any atom is -0.374 e. The van der Waals surface area contributed by atoms with Gasteiger partial charge in [-0.05, 0) is 43.7 Å². The van der Waals surface area contributed by atoms with Gasteiger partial charge in [-0.2, -0.15) is 0 Å². The van der Waals surface area contributed by atoms with Crippen molar-refractivity contribution in [2.75, 3.05) is 11.9 Å². The molecule has 3 aliphatic rings. The van der Waals surface area contributed by atoms with E-state index in [1.165, 1.54) is 12.0 Å². The lowest BCUT2D eigenvalue weighted by Gasteiger charge is -2.29. The van der Waals surface area contributed by atoms with Crippen molar-refractivity contribution in [3.05, 3.63) is 23.4 Å². The molecular formula is C16H20N2O2. The third kappa shape index (κ3) is 1.64. The first-order chi connectivity index (χ1) is 9.81. The first-order valence-electron chi connectivity index (χ1n) is 7.74. The molecular weight excluding hydrogens is 252 g/mol. The first kappa shape index (κ1) is 12.3. The molecule has 1 atom stereocenters. The monoisotopic (exact) mass is 272 g/mol. The molecule has 1 amide bonds. The van der Waals surface area contributed by atoms with E-state index < -0.39 is 0 Å². The fourth-order valence-electron chi connectivity index (χ4n) is 4.13. The molecule has 1 aliphatic carbocycles. The smallest absolute Gasteiger partial charge is 0.236 e. The minimum atomic E-state index is -0.320. The second-order valence-electron chi connectivity index (χ2n) is 6.22. The maximum atomic E-state index is 12.5. The summed E-state index contributed by atoms with van der Waals surface area (Å²) in [4.78, 5) is 16.9. The molecule has 106 valence electrons. The Bertz CT molecular complexity index is 543. The number of ether oxygens (including phenoxy) is 1. The van der Waals surface area contributed by atoms with E-state index in [-0.39, 0.29) is 17.4 Å². The van der Waals surface area contributed by atoms with Gasteiger partial charge in [-0.25, -0.2) is 4.98 Å². The maximum Gasteiger partial charge on any atom is 0.236 e. The van der Waals surface area contributed by atoms with Gasteiger partial charge in [0, 0.05) is 18.4 Å². The molecule has 0 radical (unpaired) electrons. The summed E-state index contributed by atoms with van der Waals surface area (Å²) in [5, 5.41) is 3.00. The quantitative estimate of drug-likeness (QED) is 0.854. The van der Waals surface area contributed by atoms with Crippen LogP contribution in [0.5, 0.6) is 0 Å². The number of nitrogens with one attached hydrogen (secondary N) is 1. The Morgan fingerprint density at radius 2 is 2.10 bits per heavy atom. The Morgan fingerprint density at radius 1 is 1.25 bits per heavy atom. The Morgan fingerprint density at radius 3 is 2.85 bits per heavy atom. The van der Waals surface area contributed by atoms with Crippen molar-refractivity contribution in [2.24, 2.45) is 0 Å². The summed E-state index contributed by atoms with van der Waals surface area (Å²) in [6.07, 6.45) is 9.53. The largest absolute Gasteiger partial charge is 0.374 e. The molecule has 1 saturated carbocycles. The molecule has 1 N–H and O–H groups in total. The number of nitrogens with zero attached hydrogens (tertiary/aromatic N) is 1. The van der Waals surface area contributed by atoms with Crippen LogP contribution in [0.25, 0.3) is 0 Å². The fraction of sp³-hybridized carbons (Fsp3) is 0.625. The molecule has 1 spiro atoms. The number of rotatable bonds is 1. The highest BCUT2D eigenvalue weighted by atomic mass is 16.5. The summed E-state index contributed by atoms with van der Waals surface area (Å²) in [5.41, 5.74) is 2.03. The molecule has 4 nitrogen and oxygen atoms in total. The van der Waals surface area contributed by atoms with Crippen LogP contribution >= 0.6 is 0 Å². The fourth-order valence-corrected chi connectivity index (χ4v) is 4.13. The standard InChI is InChI=1S/C16H20N2O2/c19-15-16(7-2-3-8-16)13-11(6-9-17-14(13)18-15)12-5-1-4-10-20-12/h6,9,12H,1-5,7-8,10H2,(H,17,18,19). The van der Waals surface area contributed by atoms with Gasteiger partial charge in [-0.3, -0.25) is 4.79 Å². The van der Waals surface area contributed by atoms with Crippen LogP contribution in [0.1, 0.15) is 62.2 Å². The Kier molecular flexibility index (Phi) is 2.81. The lowest BCUT2D eigenvalue weighted by Crippen LogP contribution is -2.32. The summed E-state index contributed by atoms with van der Waals surface area (Å²) in [5.74, 6) is 0.935. The number of carbonyl (C=O) groups excluding carboxylic acids is 1. The second-order valence-corrected chi connectivity index (χ2v) is 6.22. The molecule has 4 heteroatoms. The van der Waals surface area contributed by atoms with E-state index in [2.05, 4.69) is 16.4 Å². The van der Waals surface area contributed by atoms with Gasteiger partial charge in [0.25, 0.3) is 0 Å². The van der Waals surface area contributed by atoms with Crippen LogP contribution in [-0.4, -0.2) is 17.5 Å². The summed E-state index contributed by atoms with van der Waals surface area (Å²) in [6, 6.07) is 2.06. The van der Waals surface area contributed by atoms with Crippen LogP contribution in [0, 0.1) is 0 Å². The summed E-state index contributed by atoms with van der Waals surface area (Å²) >= 11 is 0.